The Hall–Kier alpha value is -4.88. The van der Waals surface area contributed by atoms with E-state index in [9.17, 15) is 41.0 Å². The van der Waals surface area contributed by atoms with Crippen LogP contribution in [0.5, 0.6) is 5.75 Å². The standard InChI is InChI=1S/C36H36F8N6O5/c1-20-29(45-19-46-30(20)36(42,43)44)23-17-22(35(39,40)41)6-7-24(23)47-32(52)26-31(51)34(9-3-4-10-34)48(2)50(33(26)53)18-21-5-8-25(28(38)27(21)37)55-16-13-49-11-14-54-15-12-49/h5-8,17,19,51H,3-4,9-16,18H2,1-2H3,(H,47,52). The van der Waals surface area contributed by atoms with Crippen LogP contribution in [0.1, 0.15) is 48.1 Å². The van der Waals surface area contributed by atoms with E-state index in [0.717, 1.165) is 18.0 Å². The normalized spacial score (nSPS) is 18.4. The number of nitrogens with one attached hydrogen (secondary N) is 1. The third-order valence-corrected chi connectivity index (χ3v) is 10.2. The summed E-state index contributed by atoms with van der Waals surface area (Å²) in [6, 6.07) is 4.28. The third kappa shape index (κ3) is 7.82. The van der Waals surface area contributed by atoms with Gasteiger partial charge in [-0.3, -0.25) is 19.5 Å². The number of morpholine rings is 1. The lowest BCUT2D eigenvalue weighted by molar-refractivity contribution is -0.163. The molecule has 3 aliphatic rings. The van der Waals surface area contributed by atoms with Gasteiger partial charge in [0.1, 0.15) is 24.3 Å². The highest BCUT2D eigenvalue weighted by Gasteiger charge is 2.53. The summed E-state index contributed by atoms with van der Waals surface area (Å²) in [4.78, 5) is 37.1. The van der Waals surface area contributed by atoms with E-state index in [0.29, 0.717) is 64.1 Å². The zero-order chi connectivity index (χ0) is 39.9. The maximum Gasteiger partial charge on any atom is 0.433 e. The topological polar surface area (TPSA) is 120 Å². The van der Waals surface area contributed by atoms with Gasteiger partial charge in [-0.25, -0.2) is 19.4 Å². The van der Waals surface area contributed by atoms with Gasteiger partial charge in [-0.05, 0) is 44.0 Å². The Bertz CT molecular complexity index is 1990. The largest absolute Gasteiger partial charge is 0.509 e. The van der Waals surface area contributed by atoms with Crippen molar-refractivity contribution in [1.82, 2.24) is 24.9 Å². The summed E-state index contributed by atoms with van der Waals surface area (Å²) in [7, 11) is 1.44. The molecule has 1 aromatic heterocycles. The molecule has 2 N–H and O–H groups in total. The fourth-order valence-electron chi connectivity index (χ4n) is 7.18. The van der Waals surface area contributed by atoms with Crippen molar-refractivity contribution in [2.75, 3.05) is 51.8 Å². The first kappa shape index (κ1) is 39.8. The summed E-state index contributed by atoms with van der Waals surface area (Å²) >= 11 is 0. The molecule has 1 saturated carbocycles. The number of hydrazine groups is 1. The van der Waals surface area contributed by atoms with Crippen LogP contribution in [0, 0.1) is 18.6 Å². The summed E-state index contributed by atoms with van der Waals surface area (Å²) in [5.74, 6) is -6.11. The number of nitrogens with zero attached hydrogens (tertiary/aromatic N) is 5. The smallest absolute Gasteiger partial charge is 0.433 e. The van der Waals surface area contributed by atoms with Crippen molar-refractivity contribution in [2.45, 2.75) is 57.0 Å². The Morgan fingerprint density at radius 3 is 2.35 bits per heavy atom. The summed E-state index contributed by atoms with van der Waals surface area (Å²) in [6.45, 7) is 3.28. The molecule has 55 heavy (non-hydrogen) atoms. The van der Waals surface area contributed by atoms with Crippen molar-refractivity contribution in [3.8, 4) is 17.0 Å². The van der Waals surface area contributed by atoms with Crippen LogP contribution in [0.2, 0.25) is 0 Å². The van der Waals surface area contributed by atoms with Crippen LogP contribution in [0.25, 0.3) is 11.3 Å². The molecule has 0 unspecified atom stereocenters. The van der Waals surface area contributed by atoms with E-state index in [2.05, 4.69) is 15.3 Å². The predicted molar refractivity (Wildman–Crippen MR) is 179 cm³/mol. The number of aliphatic hydroxyl groups excluding tert-OH is 1. The molecule has 3 aromatic rings. The zero-order valence-corrected chi connectivity index (χ0v) is 29.6. The molecule has 1 aliphatic carbocycles. The summed E-state index contributed by atoms with van der Waals surface area (Å²) < 4.78 is 124. The van der Waals surface area contributed by atoms with E-state index in [4.69, 9.17) is 9.47 Å². The van der Waals surface area contributed by atoms with E-state index in [-0.39, 0.29) is 30.8 Å². The number of anilines is 1. The lowest BCUT2D eigenvalue weighted by Gasteiger charge is -2.48. The average Bonchev–Trinajstić information content (AvgIpc) is 3.63. The molecule has 0 radical (unpaired) electrons. The Kier molecular flexibility index (Phi) is 11.1. The number of hydrogen-bond acceptors (Lipinski definition) is 9. The molecule has 19 heteroatoms. The zero-order valence-electron chi connectivity index (χ0n) is 29.6. The maximum atomic E-state index is 15.6. The molecule has 2 aliphatic heterocycles. The van der Waals surface area contributed by atoms with E-state index < -0.39 is 93.0 Å². The minimum atomic E-state index is -5.00. The number of aromatic nitrogens is 2. The first-order valence-corrected chi connectivity index (χ1v) is 17.2. The number of hydrogen-bond donors (Lipinski definition) is 2. The Morgan fingerprint density at radius 1 is 1.00 bits per heavy atom. The molecular weight excluding hydrogens is 748 g/mol. The number of rotatable bonds is 9. The van der Waals surface area contributed by atoms with Crippen LogP contribution >= 0.6 is 0 Å². The van der Waals surface area contributed by atoms with Crippen LogP contribution in [0.4, 0.5) is 40.8 Å². The van der Waals surface area contributed by atoms with E-state index in [1.165, 1.54) is 24.2 Å². The van der Waals surface area contributed by atoms with Gasteiger partial charge < -0.3 is 19.9 Å². The second-order valence-corrected chi connectivity index (χ2v) is 13.4. The van der Waals surface area contributed by atoms with E-state index in [1.54, 1.807) is 0 Å². The second-order valence-electron chi connectivity index (χ2n) is 13.4. The van der Waals surface area contributed by atoms with Crippen LogP contribution in [-0.4, -0.2) is 93.8 Å². The molecule has 11 nitrogen and oxygen atoms in total. The van der Waals surface area contributed by atoms with Crippen LogP contribution in [0.15, 0.2) is 48.0 Å². The van der Waals surface area contributed by atoms with Gasteiger partial charge in [0.25, 0.3) is 11.8 Å². The number of amides is 2. The van der Waals surface area contributed by atoms with Gasteiger partial charge in [0.15, 0.2) is 17.3 Å². The fourth-order valence-corrected chi connectivity index (χ4v) is 7.18. The predicted octanol–water partition coefficient (Wildman–Crippen LogP) is 6.43. The SMILES string of the molecule is Cc1c(-c2cc(C(F)(F)F)ccc2NC(=O)C2=C(O)C3(CCCC3)N(C)N(Cc3ccc(OCCN4CCOCC4)c(F)c3F)C2=O)ncnc1C(F)(F)F. The van der Waals surface area contributed by atoms with Crippen molar-refractivity contribution < 1.29 is 59.3 Å². The first-order valence-electron chi connectivity index (χ1n) is 17.2. The van der Waals surface area contributed by atoms with Crippen molar-refractivity contribution in [3.05, 3.63) is 82.0 Å². The molecule has 3 heterocycles. The number of ether oxygens (including phenoxy) is 2. The van der Waals surface area contributed by atoms with Crippen LogP contribution < -0.4 is 10.1 Å². The Balaban J connectivity index is 1.32. The number of benzene rings is 2. The second kappa shape index (κ2) is 15.3. The number of aliphatic hydroxyl groups is 1. The molecule has 2 fully saturated rings. The molecule has 0 atom stereocenters. The molecule has 6 rings (SSSR count). The molecule has 0 bridgehead atoms. The molecular formula is C36H36F8N6O5. The van der Waals surface area contributed by atoms with Crippen molar-refractivity contribution >= 4 is 17.5 Å². The molecule has 1 spiro atoms. The molecule has 2 aromatic carbocycles. The monoisotopic (exact) mass is 784 g/mol. The first-order chi connectivity index (χ1) is 25.9. The summed E-state index contributed by atoms with van der Waals surface area (Å²) in [5.41, 5.74) is -7.46. The number of likely N-dealkylation sites (N-methyl/N-ethyl adjacent to an activating group) is 1. The summed E-state index contributed by atoms with van der Waals surface area (Å²) in [6.07, 6.45) is -7.89. The lowest BCUT2D eigenvalue weighted by atomic mass is 9.88. The van der Waals surface area contributed by atoms with Crippen LogP contribution in [0.3, 0.4) is 0 Å². The van der Waals surface area contributed by atoms with E-state index in [1.807, 2.05) is 4.90 Å². The van der Waals surface area contributed by atoms with Crippen LogP contribution in [-0.2, 0) is 33.2 Å². The number of carbonyl (C=O) groups excluding carboxylic acids is 2. The molecule has 2 amide bonds. The Labute approximate surface area is 309 Å². The van der Waals surface area contributed by atoms with Crippen molar-refractivity contribution in [1.29, 1.82) is 0 Å². The highest BCUT2D eigenvalue weighted by Crippen LogP contribution is 2.46. The minimum Gasteiger partial charge on any atom is -0.509 e. The quantitative estimate of drug-likeness (QED) is 0.187. The van der Waals surface area contributed by atoms with Gasteiger partial charge in [0.05, 0.1) is 42.2 Å². The summed E-state index contributed by atoms with van der Waals surface area (Å²) in [5, 5.41) is 16.2. The number of carbonyl (C=O) groups is 2. The van der Waals surface area contributed by atoms with Gasteiger partial charge in [0, 0.05) is 43.4 Å². The minimum absolute atomic E-state index is 0.0645. The van der Waals surface area contributed by atoms with Gasteiger partial charge in [-0.15, -0.1) is 0 Å². The van der Waals surface area contributed by atoms with Gasteiger partial charge in [0.2, 0.25) is 5.82 Å². The maximum absolute atomic E-state index is 15.6. The number of halogens is 8. The van der Waals surface area contributed by atoms with E-state index >= 15 is 8.78 Å². The Morgan fingerprint density at radius 2 is 1.69 bits per heavy atom. The number of alkyl halides is 6. The average molecular weight is 785 g/mol. The molecule has 1 saturated heterocycles. The third-order valence-electron chi connectivity index (χ3n) is 10.2. The van der Waals surface area contributed by atoms with Crippen molar-refractivity contribution in [3.63, 3.8) is 0 Å². The lowest BCUT2D eigenvalue weighted by Crippen LogP contribution is -2.62. The van der Waals surface area contributed by atoms with Crippen molar-refractivity contribution in [2.24, 2.45) is 0 Å². The van der Waals surface area contributed by atoms with Gasteiger partial charge in [-0.2, -0.15) is 30.7 Å². The fraction of sp³-hybridized carbons (Fsp3) is 0.444. The highest BCUT2D eigenvalue weighted by atomic mass is 19.4. The highest BCUT2D eigenvalue weighted by molar-refractivity contribution is 6.24. The van der Waals surface area contributed by atoms with Gasteiger partial charge in [-0.1, -0.05) is 18.9 Å². The van der Waals surface area contributed by atoms with Gasteiger partial charge >= 0.3 is 12.4 Å². The molecule has 296 valence electrons.